The fourth-order valence-electron chi connectivity index (χ4n) is 1.26. The molecule has 2 heterocycles. The van der Waals surface area contributed by atoms with E-state index in [0.717, 1.165) is 12.8 Å². The van der Waals surface area contributed by atoms with Gasteiger partial charge in [0.1, 0.15) is 0 Å². The summed E-state index contributed by atoms with van der Waals surface area (Å²) in [4.78, 5) is 18.6. The van der Waals surface area contributed by atoms with Crippen molar-refractivity contribution in [2.24, 2.45) is 0 Å². The third-order valence-electron chi connectivity index (χ3n) is 2.26. The van der Waals surface area contributed by atoms with Gasteiger partial charge in [0.05, 0.1) is 0 Å². The molecule has 2 fully saturated rings. The van der Waals surface area contributed by atoms with Crippen LogP contribution in [0.1, 0.15) is 26.7 Å². The van der Waals surface area contributed by atoms with E-state index in [1.165, 1.54) is 0 Å². The van der Waals surface area contributed by atoms with Crippen molar-refractivity contribution in [2.45, 2.75) is 44.4 Å². The predicted octanol–water partition coefficient (Wildman–Crippen LogP) is 0.483. The van der Waals surface area contributed by atoms with Crippen LogP contribution in [0.15, 0.2) is 0 Å². The normalized spacial score (nSPS) is 43.8. The lowest BCUT2D eigenvalue weighted by Crippen LogP contribution is -2.64. The first-order chi connectivity index (χ1) is 5.62. The largest absolute Gasteiger partial charge is 0.357 e. The summed E-state index contributed by atoms with van der Waals surface area (Å²) in [7, 11) is 0. The van der Waals surface area contributed by atoms with Crippen molar-refractivity contribution in [3.63, 3.8) is 0 Å². The highest BCUT2D eigenvalue weighted by molar-refractivity contribution is 4.96. The third kappa shape index (κ3) is 0.915. The van der Waals surface area contributed by atoms with E-state index in [2.05, 4.69) is 14.7 Å². The maximum absolute atomic E-state index is 9.80. The summed E-state index contributed by atoms with van der Waals surface area (Å²) in [5.41, 5.74) is 0. The van der Waals surface area contributed by atoms with Gasteiger partial charge in [-0.05, 0) is 6.42 Å². The molecule has 0 bridgehead atoms. The molecule has 12 heavy (non-hydrogen) atoms. The Morgan fingerprint density at radius 3 is 2.33 bits per heavy atom. The average Bonchev–Trinajstić information content (AvgIpc) is 2.77. The Kier molecular flexibility index (Phi) is 1.68. The molecule has 0 spiro atoms. The molecular weight excluding hydrogens is 164 g/mol. The summed E-state index contributed by atoms with van der Waals surface area (Å²) in [6, 6.07) is 0. The minimum absolute atomic E-state index is 0.352. The second-order valence-corrected chi connectivity index (χ2v) is 3.27. The highest BCUT2D eigenvalue weighted by Crippen LogP contribution is 2.49. The number of hydrogen-bond donors (Lipinski definition) is 1. The van der Waals surface area contributed by atoms with Gasteiger partial charge in [0.15, 0.2) is 6.10 Å². The molecule has 0 aromatic carbocycles. The molecule has 2 unspecified atom stereocenters. The van der Waals surface area contributed by atoms with Crippen molar-refractivity contribution in [1.82, 2.24) is 0 Å². The molecule has 0 aromatic heterocycles. The van der Waals surface area contributed by atoms with E-state index < -0.39 is 11.6 Å². The first-order valence-electron chi connectivity index (χ1n) is 4.06. The molecule has 5 nitrogen and oxygen atoms in total. The molecule has 1 N–H and O–H groups in total. The minimum Gasteiger partial charge on any atom is -0.357 e. The lowest BCUT2D eigenvalue weighted by atomic mass is 9.97. The maximum Gasteiger partial charge on any atom is 0.289 e. The van der Waals surface area contributed by atoms with Crippen molar-refractivity contribution in [1.29, 1.82) is 0 Å². The van der Waals surface area contributed by atoms with Gasteiger partial charge in [-0.25, -0.2) is 4.89 Å². The van der Waals surface area contributed by atoms with Gasteiger partial charge in [-0.15, -0.1) is 0 Å². The topological polar surface area (TPSA) is 63.8 Å². The Labute approximate surface area is 70.0 Å². The Hall–Kier alpha value is -0.200. The van der Waals surface area contributed by atoms with Crippen LogP contribution in [-0.2, 0) is 19.6 Å². The number of hydrogen-bond acceptors (Lipinski definition) is 5. The first-order valence-corrected chi connectivity index (χ1v) is 4.06. The van der Waals surface area contributed by atoms with Crippen molar-refractivity contribution in [3.8, 4) is 0 Å². The fourth-order valence-corrected chi connectivity index (χ4v) is 1.26. The van der Waals surface area contributed by atoms with Crippen LogP contribution in [0.25, 0.3) is 0 Å². The molecule has 5 heteroatoms. The van der Waals surface area contributed by atoms with Gasteiger partial charge >= 0.3 is 0 Å². The summed E-state index contributed by atoms with van der Waals surface area (Å²) >= 11 is 0. The van der Waals surface area contributed by atoms with Crippen LogP contribution in [0.2, 0.25) is 0 Å². The fraction of sp³-hybridized carbons (Fsp3) is 1.00. The van der Waals surface area contributed by atoms with Gasteiger partial charge in [0.2, 0.25) is 0 Å². The van der Waals surface area contributed by atoms with Crippen molar-refractivity contribution < 1.29 is 24.7 Å². The molecule has 2 aliphatic heterocycles. The van der Waals surface area contributed by atoms with Crippen molar-refractivity contribution in [3.05, 3.63) is 0 Å². The summed E-state index contributed by atoms with van der Waals surface area (Å²) < 4.78 is 0. The lowest BCUT2D eigenvalue weighted by molar-refractivity contribution is -0.580. The average molecular weight is 176 g/mol. The summed E-state index contributed by atoms with van der Waals surface area (Å²) in [6.07, 6.45) is 1.28. The van der Waals surface area contributed by atoms with Crippen LogP contribution >= 0.6 is 0 Å². The molecule has 2 aliphatic rings. The smallest absolute Gasteiger partial charge is 0.289 e. The van der Waals surface area contributed by atoms with Gasteiger partial charge in [-0.1, -0.05) is 13.3 Å². The van der Waals surface area contributed by atoms with E-state index in [-0.39, 0.29) is 6.10 Å². The summed E-state index contributed by atoms with van der Waals surface area (Å²) in [5, 5.41) is 9.80. The molecular formula is C7H12O5. The zero-order valence-corrected chi connectivity index (χ0v) is 7.07. The third-order valence-corrected chi connectivity index (χ3v) is 2.26. The molecule has 2 rings (SSSR count). The van der Waals surface area contributed by atoms with Crippen LogP contribution in [0, 0.1) is 0 Å². The second kappa shape index (κ2) is 2.40. The van der Waals surface area contributed by atoms with Gasteiger partial charge in [0, 0.05) is 6.92 Å². The molecule has 2 saturated heterocycles. The molecule has 0 aromatic rings. The van der Waals surface area contributed by atoms with Crippen molar-refractivity contribution in [2.75, 3.05) is 0 Å². The summed E-state index contributed by atoms with van der Waals surface area (Å²) in [5.74, 6) is -2.46. The van der Waals surface area contributed by atoms with E-state index in [1.807, 2.05) is 6.92 Å². The molecule has 0 aliphatic carbocycles. The molecule has 0 amide bonds. The lowest BCUT2D eigenvalue weighted by Gasteiger charge is -2.42. The first kappa shape index (κ1) is 8.40. The van der Waals surface area contributed by atoms with Crippen LogP contribution < -0.4 is 0 Å². The standard InChI is InChI=1S/C7H12O5/c1-3-4-5-7(8,12-9-5)6(2)10-11-6/h5,8H,3-4H2,1-2H3. The van der Waals surface area contributed by atoms with E-state index in [1.54, 1.807) is 6.92 Å². The SMILES string of the molecule is CCCC1OOC1(O)C1(C)OO1. The van der Waals surface area contributed by atoms with Crippen LogP contribution in [0.5, 0.6) is 0 Å². The Morgan fingerprint density at radius 2 is 2.00 bits per heavy atom. The Balaban J connectivity index is 2.01. The van der Waals surface area contributed by atoms with E-state index >= 15 is 0 Å². The Morgan fingerprint density at radius 1 is 1.33 bits per heavy atom. The quantitative estimate of drug-likeness (QED) is 0.500. The van der Waals surface area contributed by atoms with Gasteiger partial charge < -0.3 is 5.11 Å². The predicted molar refractivity (Wildman–Crippen MR) is 36.4 cm³/mol. The number of aliphatic hydroxyl groups is 1. The van der Waals surface area contributed by atoms with Gasteiger partial charge in [0.25, 0.3) is 11.6 Å². The van der Waals surface area contributed by atoms with Crippen LogP contribution in [-0.4, -0.2) is 22.8 Å². The minimum atomic E-state index is -1.43. The summed E-state index contributed by atoms with van der Waals surface area (Å²) in [6.45, 7) is 3.61. The van der Waals surface area contributed by atoms with E-state index in [0.29, 0.717) is 0 Å². The maximum atomic E-state index is 9.80. The zero-order chi connectivity index (χ0) is 8.82. The molecule has 70 valence electrons. The van der Waals surface area contributed by atoms with Gasteiger partial charge in [-0.2, -0.15) is 14.7 Å². The molecule has 0 saturated carbocycles. The molecule has 2 atom stereocenters. The highest BCUT2D eigenvalue weighted by Gasteiger charge is 2.73. The monoisotopic (exact) mass is 176 g/mol. The molecule has 0 radical (unpaired) electrons. The van der Waals surface area contributed by atoms with Crippen LogP contribution in [0.3, 0.4) is 0 Å². The van der Waals surface area contributed by atoms with Gasteiger partial charge in [-0.3, -0.25) is 0 Å². The Bertz CT molecular complexity index is 190. The van der Waals surface area contributed by atoms with E-state index in [4.69, 9.17) is 4.89 Å². The highest BCUT2D eigenvalue weighted by atomic mass is 17.4. The van der Waals surface area contributed by atoms with E-state index in [9.17, 15) is 5.11 Å². The number of rotatable bonds is 3. The zero-order valence-electron chi connectivity index (χ0n) is 7.07. The van der Waals surface area contributed by atoms with Crippen molar-refractivity contribution >= 4 is 0 Å². The van der Waals surface area contributed by atoms with Crippen LogP contribution in [0.4, 0.5) is 0 Å². The second-order valence-electron chi connectivity index (χ2n) is 3.27.